The summed E-state index contributed by atoms with van der Waals surface area (Å²) < 4.78 is 13.1. The maximum atomic E-state index is 13.1. The molecule has 4 nitrogen and oxygen atoms in total. The molecule has 0 spiro atoms. The first-order chi connectivity index (χ1) is 9.13. The molecule has 0 aliphatic carbocycles. The lowest BCUT2D eigenvalue weighted by Crippen LogP contribution is -2.23. The van der Waals surface area contributed by atoms with Gasteiger partial charge in [0.25, 0.3) is 5.91 Å². The fraction of sp³-hybridized carbons (Fsp3) is 0.143. The minimum atomic E-state index is -0.397. The summed E-state index contributed by atoms with van der Waals surface area (Å²) in [5.74, 6) is -0.475. The van der Waals surface area contributed by atoms with Crippen molar-refractivity contribution >= 4 is 11.6 Å². The van der Waals surface area contributed by atoms with Gasteiger partial charge < -0.3 is 10.6 Å². The van der Waals surface area contributed by atoms with Crippen LogP contribution >= 0.6 is 0 Å². The van der Waals surface area contributed by atoms with E-state index in [1.807, 2.05) is 6.07 Å². The van der Waals surface area contributed by atoms with E-state index in [4.69, 9.17) is 5.73 Å². The number of carbonyl (C=O) groups is 1. The molecule has 1 aliphatic rings. The molecular weight excluding hydrogens is 245 g/mol. The Kier molecular flexibility index (Phi) is 2.67. The number of anilines is 1. The summed E-state index contributed by atoms with van der Waals surface area (Å²) in [6, 6.07) is 6.70. The Hall–Kier alpha value is -2.43. The van der Waals surface area contributed by atoms with Crippen LogP contribution in [0.25, 0.3) is 0 Å². The third-order valence-electron chi connectivity index (χ3n) is 3.15. The summed E-state index contributed by atoms with van der Waals surface area (Å²) in [6.07, 6.45) is 2.71. The molecule has 0 saturated heterocycles. The molecule has 96 valence electrons. The third kappa shape index (κ3) is 2.14. The third-order valence-corrected chi connectivity index (χ3v) is 3.15. The molecule has 1 aromatic carbocycles. The van der Waals surface area contributed by atoms with E-state index >= 15 is 0 Å². The molecule has 0 atom stereocenters. The summed E-state index contributed by atoms with van der Waals surface area (Å²) in [5, 5.41) is 0. The SMILES string of the molecule is Nc1ccc2c(c1)C(=O)N(Cc1cncc(F)c1)C2. The van der Waals surface area contributed by atoms with Crippen molar-refractivity contribution in [3.8, 4) is 0 Å². The van der Waals surface area contributed by atoms with E-state index in [0.29, 0.717) is 29.9 Å². The number of nitrogen functional groups attached to an aromatic ring is 1. The minimum Gasteiger partial charge on any atom is -0.399 e. The van der Waals surface area contributed by atoms with Crippen LogP contribution in [0.1, 0.15) is 21.5 Å². The van der Waals surface area contributed by atoms with Crippen LogP contribution in [0.3, 0.4) is 0 Å². The van der Waals surface area contributed by atoms with Gasteiger partial charge in [-0.3, -0.25) is 9.78 Å². The van der Waals surface area contributed by atoms with Gasteiger partial charge in [0, 0.05) is 30.5 Å². The highest BCUT2D eigenvalue weighted by molar-refractivity contribution is 5.99. The summed E-state index contributed by atoms with van der Waals surface area (Å²) in [7, 11) is 0. The number of carbonyl (C=O) groups excluding carboxylic acids is 1. The van der Waals surface area contributed by atoms with Gasteiger partial charge in [0.15, 0.2) is 0 Å². The normalized spacial score (nSPS) is 13.7. The quantitative estimate of drug-likeness (QED) is 0.837. The van der Waals surface area contributed by atoms with Crippen molar-refractivity contribution in [1.82, 2.24) is 9.88 Å². The molecule has 0 fully saturated rings. The summed E-state index contributed by atoms with van der Waals surface area (Å²) in [4.78, 5) is 17.6. The molecule has 2 aromatic rings. The first-order valence-corrected chi connectivity index (χ1v) is 5.90. The van der Waals surface area contributed by atoms with Gasteiger partial charge in [-0.05, 0) is 29.3 Å². The summed E-state index contributed by atoms with van der Waals surface area (Å²) >= 11 is 0. The lowest BCUT2D eigenvalue weighted by atomic mass is 10.1. The van der Waals surface area contributed by atoms with Crippen LogP contribution in [-0.2, 0) is 13.1 Å². The second kappa shape index (κ2) is 4.35. The molecule has 1 amide bonds. The Labute approximate surface area is 109 Å². The number of nitrogens with two attached hydrogens (primary N) is 1. The number of hydrogen-bond donors (Lipinski definition) is 1. The van der Waals surface area contributed by atoms with Gasteiger partial charge in [0.2, 0.25) is 0 Å². The maximum absolute atomic E-state index is 13.1. The van der Waals surface area contributed by atoms with E-state index in [-0.39, 0.29) is 5.91 Å². The molecular formula is C14H12FN3O. The number of pyridine rings is 1. The highest BCUT2D eigenvalue weighted by Gasteiger charge is 2.27. The Morgan fingerprint density at radius 1 is 1.32 bits per heavy atom. The molecule has 19 heavy (non-hydrogen) atoms. The molecule has 1 aliphatic heterocycles. The number of halogens is 1. The number of fused-ring (bicyclic) bond motifs is 1. The van der Waals surface area contributed by atoms with Crippen molar-refractivity contribution in [2.24, 2.45) is 0 Å². The van der Waals surface area contributed by atoms with Crippen molar-refractivity contribution in [1.29, 1.82) is 0 Å². The zero-order chi connectivity index (χ0) is 13.4. The lowest BCUT2D eigenvalue weighted by Gasteiger charge is -2.15. The van der Waals surface area contributed by atoms with Crippen LogP contribution in [0.2, 0.25) is 0 Å². The van der Waals surface area contributed by atoms with Crippen molar-refractivity contribution < 1.29 is 9.18 Å². The van der Waals surface area contributed by atoms with E-state index in [0.717, 1.165) is 11.8 Å². The maximum Gasteiger partial charge on any atom is 0.254 e. The number of amides is 1. The first-order valence-electron chi connectivity index (χ1n) is 5.90. The average molecular weight is 257 g/mol. The van der Waals surface area contributed by atoms with Crippen LogP contribution in [0.15, 0.2) is 36.7 Å². The largest absolute Gasteiger partial charge is 0.399 e. The molecule has 2 heterocycles. The standard InChI is InChI=1S/C14H12FN3O/c15-11-3-9(5-17-6-11)7-18-8-10-1-2-12(16)4-13(10)14(18)19/h1-6H,7-8,16H2. The average Bonchev–Trinajstić information content (AvgIpc) is 2.67. The predicted molar refractivity (Wildman–Crippen MR) is 68.6 cm³/mol. The van der Waals surface area contributed by atoms with Gasteiger partial charge in [0.05, 0.1) is 6.20 Å². The van der Waals surface area contributed by atoms with Crippen LogP contribution in [-0.4, -0.2) is 15.8 Å². The lowest BCUT2D eigenvalue weighted by molar-refractivity contribution is 0.0766. The number of nitrogens with zero attached hydrogens (tertiary/aromatic N) is 2. The van der Waals surface area contributed by atoms with Crippen LogP contribution in [0.4, 0.5) is 10.1 Å². The number of benzene rings is 1. The van der Waals surface area contributed by atoms with Crippen molar-refractivity contribution in [3.05, 3.63) is 59.2 Å². The number of rotatable bonds is 2. The topological polar surface area (TPSA) is 59.2 Å². The first kappa shape index (κ1) is 11.6. The molecule has 2 N–H and O–H groups in total. The molecule has 1 aromatic heterocycles. The van der Waals surface area contributed by atoms with E-state index in [1.165, 1.54) is 6.07 Å². The molecule has 0 saturated carbocycles. The molecule has 5 heteroatoms. The van der Waals surface area contributed by atoms with Crippen molar-refractivity contribution in [2.45, 2.75) is 13.1 Å². The fourth-order valence-corrected chi connectivity index (χ4v) is 2.27. The molecule has 0 unspecified atom stereocenters. The molecule has 0 radical (unpaired) electrons. The van der Waals surface area contributed by atoms with Crippen molar-refractivity contribution in [2.75, 3.05) is 5.73 Å². The zero-order valence-electron chi connectivity index (χ0n) is 10.1. The number of hydrogen-bond acceptors (Lipinski definition) is 3. The number of aromatic nitrogens is 1. The Morgan fingerprint density at radius 2 is 2.16 bits per heavy atom. The van der Waals surface area contributed by atoms with Gasteiger partial charge >= 0.3 is 0 Å². The second-order valence-electron chi connectivity index (χ2n) is 4.59. The van der Waals surface area contributed by atoms with Crippen LogP contribution < -0.4 is 5.73 Å². The van der Waals surface area contributed by atoms with Gasteiger partial charge in [-0.25, -0.2) is 4.39 Å². The van der Waals surface area contributed by atoms with Gasteiger partial charge in [0.1, 0.15) is 5.82 Å². The molecule has 0 bridgehead atoms. The van der Waals surface area contributed by atoms with Crippen molar-refractivity contribution in [3.63, 3.8) is 0 Å². The monoisotopic (exact) mass is 257 g/mol. The summed E-state index contributed by atoms with van der Waals surface area (Å²) in [5.41, 5.74) is 8.50. The molecule has 3 rings (SSSR count). The highest BCUT2D eigenvalue weighted by Crippen LogP contribution is 2.26. The van der Waals surface area contributed by atoms with E-state index in [2.05, 4.69) is 4.98 Å². The predicted octanol–water partition coefficient (Wildman–Crippen LogP) is 1.96. The van der Waals surface area contributed by atoms with Crippen LogP contribution in [0, 0.1) is 5.82 Å². The second-order valence-corrected chi connectivity index (χ2v) is 4.59. The fourth-order valence-electron chi connectivity index (χ4n) is 2.27. The zero-order valence-corrected chi connectivity index (χ0v) is 10.1. The van der Waals surface area contributed by atoms with E-state index < -0.39 is 5.82 Å². The Bertz CT molecular complexity index is 657. The van der Waals surface area contributed by atoms with Crippen LogP contribution in [0.5, 0.6) is 0 Å². The Balaban J connectivity index is 1.84. The Morgan fingerprint density at radius 3 is 2.95 bits per heavy atom. The van der Waals surface area contributed by atoms with Gasteiger partial charge in [-0.15, -0.1) is 0 Å². The smallest absolute Gasteiger partial charge is 0.254 e. The highest BCUT2D eigenvalue weighted by atomic mass is 19.1. The van der Waals surface area contributed by atoms with Gasteiger partial charge in [-0.2, -0.15) is 0 Å². The summed E-state index contributed by atoms with van der Waals surface area (Å²) in [6.45, 7) is 0.864. The van der Waals surface area contributed by atoms with E-state index in [9.17, 15) is 9.18 Å². The minimum absolute atomic E-state index is 0.0773. The van der Waals surface area contributed by atoms with Gasteiger partial charge in [-0.1, -0.05) is 6.07 Å². The van der Waals surface area contributed by atoms with E-state index in [1.54, 1.807) is 23.2 Å².